The number of rotatable bonds is 4. The maximum absolute atomic E-state index is 6.25. The van der Waals surface area contributed by atoms with E-state index in [0.717, 1.165) is 33.8 Å². The second kappa shape index (κ2) is 8.05. The first kappa shape index (κ1) is 20.9. The highest BCUT2D eigenvalue weighted by atomic mass is 35.5. The Morgan fingerprint density at radius 2 is 1.86 bits per heavy atom. The van der Waals surface area contributed by atoms with Crippen LogP contribution in [0.4, 0.5) is 5.82 Å². The number of fused-ring (bicyclic) bond motifs is 5. The van der Waals surface area contributed by atoms with Crippen LogP contribution < -0.4 is 5.32 Å². The Balaban J connectivity index is 1.36. The normalized spacial score (nSPS) is 23.8. The molecule has 2 atom stereocenters. The zero-order valence-electron chi connectivity index (χ0n) is 19.3. The summed E-state index contributed by atoms with van der Waals surface area (Å²) >= 11 is 6.25. The van der Waals surface area contributed by atoms with Crippen LogP contribution in [-0.4, -0.2) is 31.2 Å². The van der Waals surface area contributed by atoms with Crippen molar-refractivity contribution in [2.45, 2.75) is 38.6 Å². The van der Waals surface area contributed by atoms with Gasteiger partial charge in [0.05, 0.1) is 10.4 Å². The van der Waals surface area contributed by atoms with E-state index in [2.05, 4.69) is 27.4 Å². The molecule has 2 bridgehead atoms. The number of halogens is 1. The number of hydrogen-bond donors (Lipinski definition) is 2. The lowest BCUT2D eigenvalue weighted by Crippen LogP contribution is -2.47. The summed E-state index contributed by atoms with van der Waals surface area (Å²) in [5, 5.41) is 13.6. The van der Waals surface area contributed by atoms with E-state index in [9.17, 15) is 0 Å². The molecule has 35 heavy (non-hydrogen) atoms. The molecule has 7 nitrogen and oxygen atoms in total. The number of pyridine rings is 1. The molecular formula is C27H25ClN6O. The van der Waals surface area contributed by atoms with Crippen molar-refractivity contribution in [1.29, 1.82) is 0 Å². The van der Waals surface area contributed by atoms with E-state index in [4.69, 9.17) is 26.0 Å². The van der Waals surface area contributed by atoms with Crippen LogP contribution in [0.3, 0.4) is 0 Å². The third-order valence-electron chi connectivity index (χ3n) is 7.95. The fourth-order valence-electron chi connectivity index (χ4n) is 6.08. The van der Waals surface area contributed by atoms with Gasteiger partial charge in [0.25, 0.3) is 0 Å². The van der Waals surface area contributed by atoms with E-state index in [1.165, 1.54) is 25.7 Å². The van der Waals surface area contributed by atoms with Gasteiger partial charge in [-0.1, -0.05) is 36.7 Å². The van der Waals surface area contributed by atoms with Crippen molar-refractivity contribution in [3.63, 3.8) is 0 Å². The number of nitrogens with zero attached hydrogens (tertiary/aromatic N) is 4. The highest BCUT2D eigenvalue weighted by Gasteiger charge is 2.41. The summed E-state index contributed by atoms with van der Waals surface area (Å²) in [6.07, 6.45) is 6.85. The summed E-state index contributed by atoms with van der Waals surface area (Å²) in [5.74, 6) is 4.12. The van der Waals surface area contributed by atoms with Crippen LogP contribution >= 0.6 is 11.6 Å². The van der Waals surface area contributed by atoms with E-state index >= 15 is 0 Å². The number of nitrogens with one attached hydrogen (secondary N) is 2. The predicted octanol–water partition coefficient (Wildman–Crippen LogP) is 6.72. The fourth-order valence-corrected chi connectivity index (χ4v) is 6.24. The second-order valence-corrected chi connectivity index (χ2v) is 10.4. The minimum atomic E-state index is 0.406. The van der Waals surface area contributed by atoms with Gasteiger partial charge < -0.3 is 9.73 Å². The lowest BCUT2D eigenvalue weighted by molar-refractivity contribution is 0.0928. The van der Waals surface area contributed by atoms with E-state index in [-0.39, 0.29) is 0 Å². The topological polar surface area (TPSA) is 92.5 Å². The van der Waals surface area contributed by atoms with Gasteiger partial charge in [-0.25, -0.2) is 15.0 Å². The standard InChI is InChI=1S/C27H25ClN6O/c1-14-15-6-8-16(9-7-15)24(14)31-23-12-20(22-10-17-4-2-3-5-21(17)35-22)30-27(32-23)25-19-11-18(28)13-29-26(19)34-33-25/h2-5,10-16,24H,6-9H2,1H3,(H,29,33,34)(H,30,31,32). The highest BCUT2D eigenvalue weighted by molar-refractivity contribution is 6.31. The molecule has 0 saturated heterocycles. The Kier molecular flexibility index (Phi) is 4.81. The molecule has 3 aliphatic rings. The second-order valence-electron chi connectivity index (χ2n) is 9.94. The summed E-state index contributed by atoms with van der Waals surface area (Å²) in [4.78, 5) is 14.2. The molecule has 0 spiro atoms. The molecule has 2 N–H and O–H groups in total. The summed E-state index contributed by atoms with van der Waals surface area (Å²) in [7, 11) is 0. The first-order valence-corrected chi connectivity index (χ1v) is 12.6. The maximum atomic E-state index is 6.25. The van der Waals surface area contributed by atoms with Gasteiger partial charge >= 0.3 is 0 Å². The van der Waals surface area contributed by atoms with E-state index in [1.807, 2.05) is 42.5 Å². The molecule has 0 amide bonds. The van der Waals surface area contributed by atoms with Crippen LogP contribution in [0.25, 0.3) is 45.0 Å². The van der Waals surface area contributed by atoms with Gasteiger partial charge in [-0.3, -0.25) is 5.10 Å². The first-order chi connectivity index (χ1) is 17.1. The molecular weight excluding hydrogens is 460 g/mol. The Morgan fingerprint density at radius 3 is 2.69 bits per heavy atom. The molecule has 0 radical (unpaired) electrons. The van der Waals surface area contributed by atoms with Crippen LogP contribution in [0.1, 0.15) is 32.6 Å². The van der Waals surface area contributed by atoms with Crippen molar-refractivity contribution in [3.8, 4) is 23.0 Å². The third-order valence-corrected chi connectivity index (χ3v) is 8.16. The molecule has 3 saturated carbocycles. The van der Waals surface area contributed by atoms with Gasteiger partial charge in [0.15, 0.2) is 17.2 Å². The highest BCUT2D eigenvalue weighted by Crippen LogP contribution is 2.46. The van der Waals surface area contributed by atoms with Crippen molar-refractivity contribution in [2.75, 3.05) is 5.32 Å². The number of aromatic nitrogens is 5. The molecule has 3 aliphatic carbocycles. The third kappa shape index (κ3) is 3.57. The Bertz CT molecular complexity index is 1520. The molecule has 0 aliphatic heterocycles. The summed E-state index contributed by atoms with van der Waals surface area (Å²) in [5.41, 5.74) is 2.82. The number of benzene rings is 1. The Labute approximate surface area is 207 Å². The molecule has 2 unspecified atom stereocenters. The van der Waals surface area contributed by atoms with Crippen molar-refractivity contribution in [2.24, 2.45) is 17.8 Å². The molecule has 8 rings (SSSR count). The molecule has 176 valence electrons. The number of aromatic amines is 1. The SMILES string of the molecule is CC1C2CCC(CC2)C1Nc1cc(-c2cc3ccccc3o2)nc(-c2[nH]nc3ncc(Cl)cc23)n1. The zero-order chi connectivity index (χ0) is 23.5. The molecule has 4 aromatic heterocycles. The maximum Gasteiger partial charge on any atom is 0.181 e. The minimum Gasteiger partial charge on any atom is -0.454 e. The summed E-state index contributed by atoms with van der Waals surface area (Å²) < 4.78 is 6.17. The van der Waals surface area contributed by atoms with Crippen LogP contribution in [-0.2, 0) is 0 Å². The number of anilines is 1. The average Bonchev–Trinajstić information content (AvgIpc) is 3.50. The smallest absolute Gasteiger partial charge is 0.181 e. The average molecular weight is 485 g/mol. The van der Waals surface area contributed by atoms with Crippen LogP contribution in [0, 0.1) is 17.8 Å². The first-order valence-electron chi connectivity index (χ1n) is 12.3. The van der Waals surface area contributed by atoms with Crippen LogP contribution in [0.5, 0.6) is 0 Å². The zero-order valence-corrected chi connectivity index (χ0v) is 20.1. The summed E-state index contributed by atoms with van der Waals surface area (Å²) in [6, 6.07) is 14.3. The molecule has 1 aromatic carbocycles. The van der Waals surface area contributed by atoms with E-state index in [0.29, 0.717) is 45.8 Å². The molecule has 8 heteroatoms. The number of para-hydroxylation sites is 1. The minimum absolute atomic E-state index is 0.406. The quantitative estimate of drug-likeness (QED) is 0.294. The van der Waals surface area contributed by atoms with Gasteiger partial charge in [0, 0.05) is 23.7 Å². The lowest BCUT2D eigenvalue weighted by atomic mass is 9.62. The van der Waals surface area contributed by atoms with Gasteiger partial charge in [0.2, 0.25) is 0 Å². The van der Waals surface area contributed by atoms with Gasteiger partial charge in [0.1, 0.15) is 22.8 Å². The van der Waals surface area contributed by atoms with E-state index in [1.54, 1.807) is 6.20 Å². The monoisotopic (exact) mass is 484 g/mol. The summed E-state index contributed by atoms with van der Waals surface area (Å²) in [6.45, 7) is 2.38. The number of furan rings is 1. The van der Waals surface area contributed by atoms with E-state index < -0.39 is 0 Å². The van der Waals surface area contributed by atoms with Crippen LogP contribution in [0.15, 0.2) is 53.1 Å². The lowest BCUT2D eigenvalue weighted by Gasteiger charge is -2.47. The van der Waals surface area contributed by atoms with Crippen molar-refractivity contribution in [3.05, 3.63) is 53.7 Å². The molecule has 4 heterocycles. The van der Waals surface area contributed by atoms with Crippen LogP contribution in [0.2, 0.25) is 5.02 Å². The number of hydrogen-bond acceptors (Lipinski definition) is 6. The number of H-pyrrole nitrogens is 1. The fraction of sp³-hybridized carbons (Fsp3) is 0.333. The Hall–Kier alpha value is -3.45. The largest absolute Gasteiger partial charge is 0.454 e. The predicted molar refractivity (Wildman–Crippen MR) is 137 cm³/mol. The van der Waals surface area contributed by atoms with Crippen molar-refractivity contribution < 1.29 is 4.42 Å². The van der Waals surface area contributed by atoms with Gasteiger partial charge in [-0.05, 0) is 61.6 Å². The van der Waals surface area contributed by atoms with Crippen molar-refractivity contribution >= 4 is 39.4 Å². The molecule has 3 fully saturated rings. The van der Waals surface area contributed by atoms with Crippen molar-refractivity contribution in [1.82, 2.24) is 25.1 Å². The molecule has 5 aromatic rings. The van der Waals surface area contributed by atoms with Gasteiger partial charge in [-0.15, -0.1) is 0 Å². The Morgan fingerprint density at radius 1 is 1.03 bits per heavy atom. The van der Waals surface area contributed by atoms with Gasteiger partial charge in [-0.2, -0.15) is 5.10 Å².